The van der Waals surface area contributed by atoms with E-state index in [0.29, 0.717) is 19.6 Å². The highest BCUT2D eigenvalue weighted by atomic mass is 16.5. The van der Waals surface area contributed by atoms with Crippen LogP contribution in [0.4, 0.5) is 0 Å². The fourth-order valence-corrected chi connectivity index (χ4v) is 4.13. The van der Waals surface area contributed by atoms with Crippen molar-refractivity contribution in [2.75, 3.05) is 20.8 Å². The van der Waals surface area contributed by atoms with Crippen molar-refractivity contribution in [2.45, 2.75) is 40.3 Å². The minimum absolute atomic E-state index is 0.283. The molecule has 0 amide bonds. The number of aromatic carboxylic acids is 1. The maximum Gasteiger partial charge on any atom is 0.125 e. The highest BCUT2D eigenvalue weighted by Gasteiger charge is 2.18. The van der Waals surface area contributed by atoms with Crippen LogP contribution in [0.25, 0.3) is 0 Å². The molecule has 1 N–H and O–H groups in total. The van der Waals surface area contributed by atoms with Crippen molar-refractivity contribution in [3.8, 4) is 11.5 Å². The molecule has 6 heteroatoms. The molecule has 0 aliphatic rings. The minimum atomic E-state index is -1.14. The molecule has 3 rings (SSSR count). The van der Waals surface area contributed by atoms with Crippen molar-refractivity contribution in [1.82, 2.24) is 9.88 Å². The van der Waals surface area contributed by atoms with Gasteiger partial charge in [0.25, 0.3) is 0 Å². The third-order valence-corrected chi connectivity index (χ3v) is 6.07. The molecule has 170 valence electrons. The van der Waals surface area contributed by atoms with E-state index in [1.807, 2.05) is 44.2 Å². The van der Waals surface area contributed by atoms with Crippen molar-refractivity contribution in [2.24, 2.45) is 0 Å². The Hall–Kier alpha value is -3.25. The summed E-state index contributed by atoms with van der Waals surface area (Å²) >= 11 is 0. The summed E-state index contributed by atoms with van der Waals surface area (Å²) in [7, 11) is 3.27. The summed E-state index contributed by atoms with van der Waals surface area (Å²) in [6.45, 7) is 7.65. The lowest BCUT2D eigenvalue weighted by Gasteiger charge is -2.13. The van der Waals surface area contributed by atoms with Crippen LogP contribution in [0.15, 0.2) is 42.5 Å². The van der Waals surface area contributed by atoms with Crippen molar-refractivity contribution in [3.63, 3.8) is 0 Å². The molecule has 0 aliphatic carbocycles. The zero-order valence-corrected chi connectivity index (χ0v) is 19.5. The van der Waals surface area contributed by atoms with E-state index in [2.05, 4.69) is 28.9 Å². The number of carbonyl (C=O) groups excluding carboxylic acids is 1. The number of ether oxygens (including phenoxy) is 2. The first-order chi connectivity index (χ1) is 15.4. The van der Waals surface area contributed by atoms with Gasteiger partial charge in [0.15, 0.2) is 0 Å². The van der Waals surface area contributed by atoms with E-state index < -0.39 is 5.97 Å². The zero-order chi connectivity index (χ0) is 23.3. The van der Waals surface area contributed by atoms with E-state index in [1.54, 1.807) is 14.2 Å². The molecule has 0 aliphatic heterocycles. The number of hydrogen-bond acceptors (Lipinski definition) is 5. The normalized spacial score (nSPS) is 10.9. The molecule has 0 unspecified atom stereocenters. The number of aromatic nitrogens is 1. The predicted molar refractivity (Wildman–Crippen MR) is 123 cm³/mol. The van der Waals surface area contributed by atoms with Crippen LogP contribution < -0.4 is 19.9 Å². The highest BCUT2D eigenvalue weighted by Crippen LogP contribution is 2.26. The summed E-state index contributed by atoms with van der Waals surface area (Å²) < 4.78 is 12.8. The van der Waals surface area contributed by atoms with E-state index in [-0.39, 0.29) is 5.56 Å². The Morgan fingerprint density at radius 1 is 1.00 bits per heavy atom. The van der Waals surface area contributed by atoms with Gasteiger partial charge in [-0.05, 0) is 62.1 Å². The van der Waals surface area contributed by atoms with Crippen LogP contribution in [0.1, 0.15) is 44.0 Å². The van der Waals surface area contributed by atoms with Crippen LogP contribution in [0, 0.1) is 20.8 Å². The third-order valence-electron chi connectivity index (χ3n) is 6.07. The summed E-state index contributed by atoms with van der Waals surface area (Å²) in [4.78, 5) is 11.9. The molecule has 0 saturated heterocycles. The van der Waals surface area contributed by atoms with Crippen LogP contribution in [0.3, 0.4) is 0 Å². The van der Waals surface area contributed by atoms with Gasteiger partial charge in [0.05, 0.1) is 20.2 Å². The Morgan fingerprint density at radius 3 is 2.41 bits per heavy atom. The molecule has 6 nitrogen and oxygen atoms in total. The Kier molecular flexibility index (Phi) is 7.59. The van der Waals surface area contributed by atoms with Crippen LogP contribution in [-0.4, -0.2) is 31.3 Å². The first kappa shape index (κ1) is 23.4. The van der Waals surface area contributed by atoms with Gasteiger partial charge in [-0.1, -0.05) is 30.3 Å². The second-order valence-electron chi connectivity index (χ2n) is 7.93. The summed E-state index contributed by atoms with van der Waals surface area (Å²) in [5.41, 5.74) is 6.14. The molecule has 1 heterocycles. The molecule has 1 aromatic heterocycles. The number of aryl methyl sites for hydroxylation is 1. The van der Waals surface area contributed by atoms with E-state index in [9.17, 15) is 9.90 Å². The molecular formula is C26H31N2O4-. The number of benzene rings is 2. The molecule has 0 fully saturated rings. The van der Waals surface area contributed by atoms with Crippen molar-refractivity contribution >= 4 is 5.97 Å². The summed E-state index contributed by atoms with van der Waals surface area (Å²) in [5.74, 6) is 0.388. The molecule has 0 saturated carbocycles. The molecule has 0 atom stereocenters. The number of hydrogen-bond donors (Lipinski definition) is 1. The Labute approximate surface area is 189 Å². The van der Waals surface area contributed by atoms with E-state index >= 15 is 0 Å². The summed E-state index contributed by atoms with van der Waals surface area (Å²) in [6, 6.07) is 13.9. The Bertz CT molecular complexity index is 1100. The second-order valence-corrected chi connectivity index (χ2v) is 7.93. The lowest BCUT2D eigenvalue weighted by Crippen LogP contribution is -2.26. The topological polar surface area (TPSA) is 75.5 Å². The molecule has 3 aromatic rings. The lowest BCUT2D eigenvalue weighted by molar-refractivity contribution is -0.255. The summed E-state index contributed by atoms with van der Waals surface area (Å²) in [5, 5.41) is 15.3. The minimum Gasteiger partial charge on any atom is -0.545 e. The fourth-order valence-electron chi connectivity index (χ4n) is 4.13. The van der Waals surface area contributed by atoms with E-state index in [4.69, 9.17) is 9.47 Å². The average Bonchev–Trinajstić information content (AvgIpc) is 3.02. The van der Waals surface area contributed by atoms with Gasteiger partial charge in [-0.15, -0.1) is 0 Å². The lowest BCUT2D eigenvalue weighted by atomic mass is 10.1. The fraction of sp³-hybridized carbons (Fsp3) is 0.346. The molecule has 0 spiro atoms. The maximum absolute atomic E-state index is 11.9. The van der Waals surface area contributed by atoms with Gasteiger partial charge >= 0.3 is 0 Å². The number of rotatable bonds is 10. The smallest absolute Gasteiger partial charge is 0.125 e. The highest BCUT2D eigenvalue weighted by molar-refractivity contribution is 5.89. The third kappa shape index (κ3) is 4.97. The number of nitrogens with zero attached hydrogens (tertiary/aromatic N) is 1. The standard InChI is InChI=1S/C26H32N2O4/c1-17-8-6-7-9-21(17)16-28-18(2)23(25(19(28)3)26(29)30)15-27-13-12-20-10-11-22(31-4)14-24(20)32-5/h6-11,14,27H,12-13,15-16H2,1-5H3,(H,29,30)/p-1. The number of carboxylic acid groups (broad SMARTS) is 1. The first-order valence-corrected chi connectivity index (χ1v) is 10.7. The maximum atomic E-state index is 11.9. The molecule has 2 aromatic carbocycles. The second kappa shape index (κ2) is 10.4. The quantitative estimate of drug-likeness (QED) is 0.495. The monoisotopic (exact) mass is 435 g/mol. The number of carboxylic acids is 1. The van der Waals surface area contributed by atoms with Crippen LogP contribution in [0.2, 0.25) is 0 Å². The number of methoxy groups -OCH3 is 2. The molecule has 32 heavy (non-hydrogen) atoms. The van der Waals surface area contributed by atoms with Gasteiger partial charge in [-0.3, -0.25) is 0 Å². The predicted octanol–water partition coefficient (Wildman–Crippen LogP) is 3.17. The van der Waals surface area contributed by atoms with Gasteiger partial charge < -0.3 is 29.3 Å². The Morgan fingerprint density at radius 2 is 1.75 bits per heavy atom. The SMILES string of the molecule is COc1ccc(CCNCc2c(C(=O)[O-])c(C)n(Cc3ccccc3C)c2C)c(OC)c1. The first-order valence-electron chi connectivity index (χ1n) is 10.7. The van der Waals surface area contributed by atoms with E-state index in [0.717, 1.165) is 40.4 Å². The van der Waals surface area contributed by atoms with Gasteiger partial charge in [-0.2, -0.15) is 0 Å². The van der Waals surface area contributed by atoms with Crippen LogP contribution >= 0.6 is 0 Å². The molecule has 0 bridgehead atoms. The molecular weight excluding hydrogens is 404 g/mol. The number of carbonyl (C=O) groups is 1. The van der Waals surface area contributed by atoms with Crippen molar-refractivity contribution in [3.05, 3.63) is 81.7 Å². The zero-order valence-electron chi connectivity index (χ0n) is 19.5. The van der Waals surface area contributed by atoms with Gasteiger partial charge in [-0.25, -0.2) is 0 Å². The summed E-state index contributed by atoms with van der Waals surface area (Å²) in [6.07, 6.45) is 0.746. The number of nitrogens with one attached hydrogen (secondary N) is 1. The van der Waals surface area contributed by atoms with Gasteiger partial charge in [0.1, 0.15) is 11.5 Å². The molecule has 0 radical (unpaired) electrons. The van der Waals surface area contributed by atoms with Crippen LogP contribution in [0.5, 0.6) is 11.5 Å². The van der Waals surface area contributed by atoms with Crippen LogP contribution in [-0.2, 0) is 19.5 Å². The Balaban J connectivity index is 1.75. The van der Waals surface area contributed by atoms with E-state index in [1.165, 1.54) is 11.1 Å². The van der Waals surface area contributed by atoms with Crippen molar-refractivity contribution < 1.29 is 19.4 Å². The van der Waals surface area contributed by atoms with Gasteiger partial charge in [0.2, 0.25) is 0 Å². The van der Waals surface area contributed by atoms with Crippen molar-refractivity contribution in [1.29, 1.82) is 0 Å². The average molecular weight is 436 g/mol. The largest absolute Gasteiger partial charge is 0.545 e. The van der Waals surface area contributed by atoms with Gasteiger partial charge in [0, 0.05) is 36.1 Å².